The molecule has 0 aliphatic carbocycles. The lowest BCUT2D eigenvalue weighted by Gasteiger charge is -2.32. The van der Waals surface area contributed by atoms with Crippen molar-refractivity contribution in [2.45, 2.75) is 19.3 Å². The van der Waals surface area contributed by atoms with Gasteiger partial charge in [0, 0.05) is 24.7 Å². The molecule has 5 nitrogen and oxygen atoms in total. The fraction of sp³-hybridized carbons (Fsp3) is 0.600. The van der Waals surface area contributed by atoms with Crippen molar-refractivity contribution < 1.29 is 4.92 Å². The highest BCUT2D eigenvalue weighted by molar-refractivity contribution is 5.39. The van der Waals surface area contributed by atoms with Gasteiger partial charge >= 0.3 is 0 Å². The Morgan fingerprint density at radius 3 is 3.00 bits per heavy atom. The molecule has 1 aliphatic heterocycles. The van der Waals surface area contributed by atoms with Gasteiger partial charge < -0.3 is 10.2 Å². The molecule has 0 spiro atoms. The zero-order valence-electron chi connectivity index (χ0n) is 12.0. The second-order valence-electron chi connectivity index (χ2n) is 5.50. The van der Waals surface area contributed by atoms with Crippen molar-refractivity contribution in [1.29, 1.82) is 0 Å². The molecule has 20 heavy (non-hydrogen) atoms. The van der Waals surface area contributed by atoms with E-state index >= 15 is 0 Å². The Morgan fingerprint density at radius 1 is 1.45 bits per heavy atom. The van der Waals surface area contributed by atoms with E-state index in [1.165, 1.54) is 12.8 Å². The zero-order valence-corrected chi connectivity index (χ0v) is 12.0. The number of piperidine rings is 1. The second-order valence-corrected chi connectivity index (χ2v) is 5.50. The third-order valence-corrected chi connectivity index (χ3v) is 3.98. The van der Waals surface area contributed by atoms with E-state index in [0.717, 1.165) is 38.2 Å². The first kappa shape index (κ1) is 14.9. The molecule has 1 atom stereocenters. The van der Waals surface area contributed by atoms with Crippen LogP contribution in [0.4, 0.5) is 5.69 Å². The SMILES string of the molecule is CNCC1CCCN(CCc2ccccc2[N+](=O)[O-])C1. The van der Waals surface area contributed by atoms with Gasteiger partial charge in [0.15, 0.2) is 0 Å². The minimum Gasteiger partial charge on any atom is -0.319 e. The Hall–Kier alpha value is -1.46. The van der Waals surface area contributed by atoms with E-state index in [1.54, 1.807) is 12.1 Å². The Bertz CT molecular complexity index is 448. The first-order valence-corrected chi connectivity index (χ1v) is 7.30. The van der Waals surface area contributed by atoms with Crippen molar-refractivity contribution in [2.75, 3.05) is 33.2 Å². The van der Waals surface area contributed by atoms with Crippen molar-refractivity contribution in [3.05, 3.63) is 39.9 Å². The fourth-order valence-corrected chi connectivity index (χ4v) is 2.99. The Kier molecular flexibility index (Phi) is 5.49. The van der Waals surface area contributed by atoms with Gasteiger partial charge in [0.1, 0.15) is 0 Å². The molecule has 0 amide bonds. The summed E-state index contributed by atoms with van der Waals surface area (Å²) in [7, 11) is 1.99. The fourth-order valence-electron chi connectivity index (χ4n) is 2.99. The summed E-state index contributed by atoms with van der Waals surface area (Å²) in [4.78, 5) is 13.1. The molecule has 1 unspecified atom stereocenters. The molecule has 110 valence electrons. The van der Waals surface area contributed by atoms with Gasteiger partial charge in [-0.1, -0.05) is 18.2 Å². The summed E-state index contributed by atoms with van der Waals surface area (Å²) in [5, 5.41) is 14.2. The molecule has 2 rings (SSSR count). The molecule has 1 aromatic rings. The largest absolute Gasteiger partial charge is 0.319 e. The summed E-state index contributed by atoms with van der Waals surface area (Å²) < 4.78 is 0. The first-order chi connectivity index (χ1) is 9.70. The molecule has 0 radical (unpaired) electrons. The maximum atomic E-state index is 11.0. The maximum Gasteiger partial charge on any atom is 0.272 e. The van der Waals surface area contributed by atoms with Gasteiger partial charge in [-0.05, 0) is 45.3 Å². The molecule has 1 saturated heterocycles. The number of nitrogens with zero attached hydrogens (tertiary/aromatic N) is 2. The average molecular weight is 277 g/mol. The van der Waals surface area contributed by atoms with Gasteiger partial charge in [-0.2, -0.15) is 0 Å². The minimum absolute atomic E-state index is 0.247. The molecule has 1 heterocycles. The van der Waals surface area contributed by atoms with E-state index in [2.05, 4.69) is 10.2 Å². The molecule has 1 N–H and O–H groups in total. The predicted octanol–water partition coefficient (Wildman–Crippen LogP) is 2.07. The molecular formula is C15H23N3O2. The van der Waals surface area contributed by atoms with Crippen molar-refractivity contribution in [3.63, 3.8) is 0 Å². The third kappa shape index (κ3) is 4.02. The number of likely N-dealkylation sites (tertiary alicyclic amines) is 1. The van der Waals surface area contributed by atoms with Crippen LogP contribution < -0.4 is 5.32 Å². The van der Waals surface area contributed by atoms with Gasteiger partial charge in [-0.3, -0.25) is 10.1 Å². The second kappa shape index (κ2) is 7.36. The van der Waals surface area contributed by atoms with Crippen LogP contribution in [0.15, 0.2) is 24.3 Å². The number of nitrogens with one attached hydrogen (secondary N) is 1. The average Bonchev–Trinajstić information content (AvgIpc) is 2.46. The highest BCUT2D eigenvalue weighted by Gasteiger charge is 2.20. The van der Waals surface area contributed by atoms with Gasteiger partial charge in [-0.25, -0.2) is 0 Å². The van der Waals surface area contributed by atoms with E-state index in [9.17, 15) is 10.1 Å². The predicted molar refractivity (Wildman–Crippen MR) is 79.9 cm³/mol. The van der Waals surface area contributed by atoms with Gasteiger partial charge in [-0.15, -0.1) is 0 Å². The van der Waals surface area contributed by atoms with Crippen molar-refractivity contribution in [2.24, 2.45) is 5.92 Å². The number of nitro groups is 1. The summed E-state index contributed by atoms with van der Waals surface area (Å²) in [6.07, 6.45) is 3.26. The molecule has 0 bridgehead atoms. The summed E-state index contributed by atoms with van der Waals surface area (Å²) in [5.74, 6) is 0.708. The Morgan fingerprint density at radius 2 is 2.25 bits per heavy atom. The zero-order chi connectivity index (χ0) is 14.4. The monoisotopic (exact) mass is 277 g/mol. The van der Waals surface area contributed by atoms with Crippen molar-refractivity contribution >= 4 is 5.69 Å². The van der Waals surface area contributed by atoms with Crippen LogP contribution in [0.25, 0.3) is 0 Å². The van der Waals surface area contributed by atoms with Crippen LogP contribution in [0.3, 0.4) is 0 Å². The van der Waals surface area contributed by atoms with Crippen LogP contribution in [0.1, 0.15) is 18.4 Å². The Balaban J connectivity index is 1.90. The van der Waals surface area contributed by atoms with Crippen LogP contribution in [-0.2, 0) is 6.42 Å². The molecule has 0 aromatic heterocycles. The topological polar surface area (TPSA) is 58.4 Å². The summed E-state index contributed by atoms with van der Waals surface area (Å²) in [6.45, 7) is 4.18. The van der Waals surface area contributed by atoms with Crippen LogP contribution in [0, 0.1) is 16.0 Å². The smallest absolute Gasteiger partial charge is 0.272 e. The maximum absolute atomic E-state index is 11.0. The molecule has 1 aromatic carbocycles. The standard InChI is InChI=1S/C15H23N3O2/c1-16-11-13-5-4-9-17(12-13)10-8-14-6-2-3-7-15(14)18(19)20/h2-3,6-7,13,16H,4-5,8-12H2,1H3. The number of hydrogen-bond acceptors (Lipinski definition) is 4. The van der Waals surface area contributed by atoms with Crippen LogP contribution in [0.2, 0.25) is 0 Å². The van der Waals surface area contributed by atoms with Crippen LogP contribution in [-0.4, -0.2) is 43.0 Å². The van der Waals surface area contributed by atoms with Gasteiger partial charge in [0.2, 0.25) is 0 Å². The lowest BCUT2D eigenvalue weighted by atomic mass is 9.97. The van der Waals surface area contributed by atoms with Crippen LogP contribution in [0.5, 0.6) is 0 Å². The van der Waals surface area contributed by atoms with E-state index in [0.29, 0.717) is 5.92 Å². The van der Waals surface area contributed by atoms with Gasteiger partial charge in [0.05, 0.1) is 4.92 Å². The lowest BCUT2D eigenvalue weighted by molar-refractivity contribution is -0.385. The van der Waals surface area contributed by atoms with Crippen LogP contribution >= 0.6 is 0 Å². The van der Waals surface area contributed by atoms with E-state index in [1.807, 2.05) is 19.2 Å². The molecule has 1 fully saturated rings. The molecule has 5 heteroatoms. The summed E-state index contributed by atoms with van der Waals surface area (Å²) in [6, 6.07) is 7.07. The van der Waals surface area contributed by atoms with E-state index in [4.69, 9.17) is 0 Å². The first-order valence-electron chi connectivity index (χ1n) is 7.30. The van der Waals surface area contributed by atoms with Crippen molar-refractivity contribution in [3.8, 4) is 0 Å². The van der Waals surface area contributed by atoms with E-state index < -0.39 is 0 Å². The minimum atomic E-state index is -0.282. The lowest BCUT2D eigenvalue weighted by Crippen LogP contribution is -2.40. The van der Waals surface area contributed by atoms with Crippen molar-refractivity contribution in [1.82, 2.24) is 10.2 Å². The highest BCUT2D eigenvalue weighted by Crippen LogP contribution is 2.20. The molecule has 1 aliphatic rings. The summed E-state index contributed by atoms with van der Waals surface area (Å²) >= 11 is 0. The number of nitro benzene ring substituents is 1. The number of hydrogen-bond donors (Lipinski definition) is 1. The van der Waals surface area contributed by atoms with Gasteiger partial charge in [0.25, 0.3) is 5.69 Å². The quantitative estimate of drug-likeness (QED) is 0.639. The Labute approximate surface area is 120 Å². The highest BCUT2D eigenvalue weighted by atomic mass is 16.6. The molecular weight excluding hydrogens is 254 g/mol. The number of benzene rings is 1. The third-order valence-electron chi connectivity index (χ3n) is 3.98. The van der Waals surface area contributed by atoms with E-state index in [-0.39, 0.29) is 10.6 Å². The molecule has 0 saturated carbocycles. The summed E-state index contributed by atoms with van der Waals surface area (Å²) in [5.41, 5.74) is 1.09. The number of para-hydroxylation sites is 1. The normalized spacial score (nSPS) is 19.9. The number of rotatable bonds is 6.